The maximum absolute atomic E-state index is 12.1. The molecule has 0 fully saturated rings. The number of carbonyl (C=O) groups is 1. The van der Waals surface area contributed by atoms with Gasteiger partial charge in [0.25, 0.3) is 0 Å². The summed E-state index contributed by atoms with van der Waals surface area (Å²) in [6.07, 6.45) is 2.44. The summed E-state index contributed by atoms with van der Waals surface area (Å²) >= 11 is 1.64. The Labute approximate surface area is 173 Å². The van der Waals surface area contributed by atoms with Crippen LogP contribution in [0.25, 0.3) is 10.2 Å². The SMILES string of the molecule is Cc1cccc(NC(=O)Nc2ccc(CCNc3ncnc4ccsc34)cc2)c1. The van der Waals surface area contributed by atoms with Gasteiger partial charge < -0.3 is 16.0 Å². The van der Waals surface area contributed by atoms with E-state index in [-0.39, 0.29) is 6.03 Å². The van der Waals surface area contributed by atoms with E-state index < -0.39 is 0 Å². The molecule has 0 atom stereocenters. The summed E-state index contributed by atoms with van der Waals surface area (Å²) in [4.78, 5) is 20.7. The van der Waals surface area contributed by atoms with Crippen LogP contribution < -0.4 is 16.0 Å². The number of anilines is 3. The van der Waals surface area contributed by atoms with E-state index in [1.807, 2.05) is 66.9 Å². The predicted molar refractivity (Wildman–Crippen MR) is 120 cm³/mol. The average Bonchev–Trinajstić information content (AvgIpc) is 3.19. The molecule has 29 heavy (non-hydrogen) atoms. The van der Waals surface area contributed by atoms with Crippen LogP contribution >= 0.6 is 11.3 Å². The average molecular weight is 404 g/mol. The molecule has 3 N–H and O–H groups in total. The van der Waals surface area contributed by atoms with Crippen molar-refractivity contribution in [2.24, 2.45) is 0 Å². The van der Waals surface area contributed by atoms with Crippen molar-refractivity contribution in [3.63, 3.8) is 0 Å². The van der Waals surface area contributed by atoms with E-state index >= 15 is 0 Å². The Hall–Kier alpha value is -3.45. The summed E-state index contributed by atoms with van der Waals surface area (Å²) in [5.41, 5.74) is 4.77. The van der Waals surface area contributed by atoms with Crippen LogP contribution in [0.15, 0.2) is 66.3 Å². The zero-order valence-electron chi connectivity index (χ0n) is 16.0. The number of amides is 2. The zero-order chi connectivity index (χ0) is 20.1. The lowest BCUT2D eigenvalue weighted by molar-refractivity contribution is 0.262. The summed E-state index contributed by atoms with van der Waals surface area (Å²) in [6, 6.07) is 17.3. The Morgan fingerprint density at radius 2 is 1.83 bits per heavy atom. The van der Waals surface area contributed by atoms with Crippen molar-refractivity contribution in [3.8, 4) is 0 Å². The van der Waals surface area contributed by atoms with Crippen molar-refractivity contribution in [2.45, 2.75) is 13.3 Å². The highest BCUT2D eigenvalue weighted by atomic mass is 32.1. The second-order valence-corrected chi connectivity index (χ2v) is 7.60. The van der Waals surface area contributed by atoms with Gasteiger partial charge in [-0.3, -0.25) is 0 Å². The summed E-state index contributed by atoms with van der Waals surface area (Å²) in [6.45, 7) is 2.76. The topological polar surface area (TPSA) is 78.9 Å². The number of hydrogen-bond acceptors (Lipinski definition) is 5. The summed E-state index contributed by atoms with van der Waals surface area (Å²) in [7, 11) is 0. The monoisotopic (exact) mass is 403 g/mol. The van der Waals surface area contributed by atoms with Crippen LogP contribution in [0, 0.1) is 6.92 Å². The highest BCUT2D eigenvalue weighted by Crippen LogP contribution is 2.24. The first-order valence-corrected chi connectivity index (χ1v) is 10.2. The van der Waals surface area contributed by atoms with Gasteiger partial charge in [0, 0.05) is 17.9 Å². The summed E-state index contributed by atoms with van der Waals surface area (Å²) in [5, 5.41) is 11.1. The quantitative estimate of drug-likeness (QED) is 0.408. The molecule has 0 aliphatic heterocycles. The molecule has 0 aliphatic carbocycles. The fourth-order valence-corrected chi connectivity index (χ4v) is 3.82. The van der Waals surface area contributed by atoms with Crippen LogP contribution in [0.1, 0.15) is 11.1 Å². The molecule has 2 amide bonds. The van der Waals surface area contributed by atoms with Crippen LogP contribution in [0.4, 0.5) is 22.0 Å². The van der Waals surface area contributed by atoms with Crippen LogP contribution in [-0.2, 0) is 6.42 Å². The number of aromatic nitrogens is 2. The van der Waals surface area contributed by atoms with Gasteiger partial charge in [-0.05, 0) is 60.2 Å². The lowest BCUT2D eigenvalue weighted by atomic mass is 10.1. The molecule has 2 aromatic heterocycles. The highest BCUT2D eigenvalue weighted by molar-refractivity contribution is 7.17. The van der Waals surface area contributed by atoms with Gasteiger partial charge in [-0.2, -0.15) is 0 Å². The molecule has 4 aromatic rings. The highest BCUT2D eigenvalue weighted by Gasteiger charge is 2.05. The fraction of sp³-hybridized carbons (Fsp3) is 0.136. The van der Waals surface area contributed by atoms with E-state index in [1.54, 1.807) is 17.7 Å². The van der Waals surface area contributed by atoms with Gasteiger partial charge in [0.1, 0.15) is 12.1 Å². The minimum absolute atomic E-state index is 0.256. The second-order valence-electron chi connectivity index (χ2n) is 6.68. The first-order chi connectivity index (χ1) is 14.2. The Balaban J connectivity index is 1.28. The molecule has 0 unspecified atom stereocenters. The number of thiophene rings is 1. The van der Waals surface area contributed by atoms with Crippen molar-refractivity contribution >= 4 is 44.8 Å². The van der Waals surface area contributed by atoms with Crippen molar-refractivity contribution in [1.82, 2.24) is 9.97 Å². The molecule has 0 spiro atoms. The Morgan fingerprint density at radius 1 is 1.00 bits per heavy atom. The Bertz CT molecular complexity index is 1120. The number of benzene rings is 2. The van der Waals surface area contributed by atoms with Crippen molar-refractivity contribution in [1.29, 1.82) is 0 Å². The number of nitrogens with zero attached hydrogens (tertiary/aromatic N) is 2. The standard InChI is InChI=1S/C22H21N5OS/c1-15-3-2-4-18(13-15)27-22(28)26-17-7-5-16(6-8-17)9-11-23-21-20-19(10-12-29-20)24-14-25-21/h2-8,10,12-14H,9,11H2,1H3,(H,23,24,25)(H2,26,27,28). The van der Waals surface area contributed by atoms with Crippen LogP contribution in [0.3, 0.4) is 0 Å². The third-order valence-electron chi connectivity index (χ3n) is 4.44. The maximum Gasteiger partial charge on any atom is 0.323 e. The van der Waals surface area contributed by atoms with Gasteiger partial charge >= 0.3 is 6.03 Å². The first kappa shape index (κ1) is 18.9. The molecule has 7 heteroatoms. The third kappa shape index (κ3) is 4.89. The number of fused-ring (bicyclic) bond motifs is 1. The van der Waals surface area contributed by atoms with Gasteiger partial charge in [0.15, 0.2) is 0 Å². The van der Waals surface area contributed by atoms with E-state index in [9.17, 15) is 4.79 Å². The van der Waals surface area contributed by atoms with Crippen LogP contribution in [0.2, 0.25) is 0 Å². The minimum atomic E-state index is -0.256. The number of nitrogens with one attached hydrogen (secondary N) is 3. The maximum atomic E-state index is 12.1. The zero-order valence-corrected chi connectivity index (χ0v) is 16.8. The molecule has 0 saturated heterocycles. The lowest BCUT2D eigenvalue weighted by Crippen LogP contribution is -2.19. The number of carbonyl (C=O) groups excluding carboxylic acids is 1. The molecule has 0 saturated carbocycles. The van der Waals surface area contributed by atoms with Gasteiger partial charge in [-0.25, -0.2) is 14.8 Å². The largest absolute Gasteiger partial charge is 0.368 e. The minimum Gasteiger partial charge on any atom is -0.368 e. The second kappa shape index (κ2) is 8.70. The normalized spacial score (nSPS) is 10.7. The molecular weight excluding hydrogens is 382 g/mol. The van der Waals surface area contributed by atoms with Crippen molar-refractivity contribution < 1.29 is 4.79 Å². The molecule has 2 heterocycles. The Morgan fingerprint density at radius 3 is 2.66 bits per heavy atom. The number of aryl methyl sites for hydroxylation is 1. The van der Waals surface area contributed by atoms with Crippen LogP contribution in [-0.4, -0.2) is 22.5 Å². The Kier molecular flexibility index (Phi) is 5.67. The third-order valence-corrected chi connectivity index (χ3v) is 5.35. The molecule has 2 aromatic carbocycles. The van der Waals surface area contributed by atoms with E-state index in [2.05, 4.69) is 25.9 Å². The lowest BCUT2D eigenvalue weighted by Gasteiger charge is -2.09. The number of rotatable bonds is 6. The van der Waals surface area contributed by atoms with Gasteiger partial charge in [0.2, 0.25) is 0 Å². The molecular formula is C22H21N5OS. The van der Waals surface area contributed by atoms with Crippen molar-refractivity contribution in [3.05, 3.63) is 77.4 Å². The molecule has 4 rings (SSSR count). The number of urea groups is 1. The van der Waals surface area contributed by atoms with Gasteiger partial charge in [0.05, 0.1) is 10.2 Å². The predicted octanol–water partition coefficient (Wildman–Crippen LogP) is 5.30. The first-order valence-electron chi connectivity index (χ1n) is 9.33. The van der Waals surface area contributed by atoms with E-state index in [0.29, 0.717) is 0 Å². The smallest absolute Gasteiger partial charge is 0.323 e. The van der Waals surface area contributed by atoms with E-state index in [1.165, 1.54) is 5.56 Å². The molecule has 0 bridgehead atoms. The molecule has 6 nitrogen and oxygen atoms in total. The van der Waals surface area contributed by atoms with Crippen LogP contribution in [0.5, 0.6) is 0 Å². The summed E-state index contributed by atoms with van der Waals surface area (Å²) < 4.78 is 1.08. The molecule has 146 valence electrons. The van der Waals surface area contributed by atoms with Gasteiger partial charge in [-0.1, -0.05) is 24.3 Å². The fourth-order valence-electron chi connectivity index (χ4n) is 3.01. The van der Waals surface area contributed by atoms with Gasteiger partial charge in [-0.15, -0.1) is 11.3 Å². The summed E-state index contributed by atoms with van der Waals surface area (Å²) in [5.74, 6) is 0.871. The van der Waals surface area contributed by atoms with E-state index in [0.717, 1.165) is 45.9 Å². The van der Waals surface area contributed by atoms with Crippen molar-refractivity contribution in [2.75, 3.05) is 22.5 Å². The molecule has 0 aliphatic rings. The molecule has 0 radical (unpaired) electrons. The number of hydrogen-bond donors (Lipinski definition) is 3. The van der Waals surface area contributed by atoms with E-state index in [4.69, 9.17) is 0 Å².